The molecule has 6 rings (SSSR count). The van der Waals surface area contributed by atoms with E-state index in [1.165, 1.54) is 0 Å². The van der Waals surface area contributed by atoms with Gasteiger partial charge in [0.25, 0.3) is 0 Å². The van der Waals surface area contributed by atoms with Crippen molar-refractivity contribution in [1.29, 1.82) is 0 Å². The Morgan fingerprint density at radius 2 is 0.667 bits per heavy atom. The van der Waals surface area contributed by atoms with Gasteiger partial charge >= 0.3 is 16.6 Å². The van der Waals surface area contributed by atoms with Gasteiger partial charge in [0.15, 0.2) is 0 Å². The number of hydrogen-bond acceptors (Lipinski definition) is 4. The van der Waals surface area contributed by atoms with Crippen LogP contribution in [-0.4, -0.2) is 28.1 Å². The molecule has 238 valence electrons. The van der Waals surface area contributed by atoms with Crippen molar-refractivity contribution in [1.82, 2.24) is 0 Å². The fourth-order valence-corrected chi connectivity index (χ4v) is 13.3. The van der Waals surface area contributed by atoms with Crippen molar-refractivity contribution in [3.8, 4) is 0 Å². The first-order chi connectivity index (χ1) is 23.7. The molecule has 6 aromatic carbocycles. The fourth-order valence-electron chi connectivity index (χ4n) is 6.20. The third kappa shape index (κ3) is 6.72. The minimum Gasteiger partial charge on any atom is -0.438 e. The topological polar surface area (TPSA) is 43.2 Å². The van der Waals surface area contributed by atoms with Gasteiger partial charge in [-0.25, -0.2) is 0 Å². The second-order valence-corrected chi connectivity index (χ2v) is 18.3. The van der Waals surface area contributed by atoms with Gasteiger partial charge in [-0.1, -0.05) is 195 Å². The highest BCUT2D eigenvalue weighted by Crippen LogP contribution is 2.14. The highest BCUT2D eigenvalue weighted by molar-refractivity contribution is 7.07. The Bertz CT molecular complexity index is 1730. The van der Waals surface area contributed by atoms with E-state index in [0.29, 0.717) is 12.1 Å². The van der Waals surface area contributed by atoms with E-state index in [1.54, 1.807) is 0 Å². The van der Waals surface area contributed by atoms with Gasteiger partial charge in [0.1, 0.15) is 5.71 Å². The van der Waals surface area contributed by atoms with E-state index in [9.17, 15) is 0 Å². The summed E-state index contributed by atoms with van der Waals surface area (Å²) in [5.41, 5.74) is 1.47. The zero-order valence-electron chi connectivity index (χ0n) is 27.4. The third-order valence-corrected chi connectivity index (χ3v) is 16.2. The van der Waals surface area contributed by atoms with E-state index in [2.05, 4.69) is 153 Å². The van der Waals surface area contributed by atoms with Crippen LogP contribution in [0.25, 0.3) is 0 Å². The summed E-state index contributed by atoms with van der Waals surface area (Å²) < 4.78 is 14.0. The Hall–Kier alpha value is -5.31. The zero-order valence-corrected chi connectivity index (χ0v) is 29.4. The van der Waals surface area contributed by atoms with Crippen molar-refractivity contribution in [2.24, 2.45) is 10.3 Å². The average Bonchev–Trinajstić information content (AvgIpc) is 3.17. The summed E-state index contributed by atoms with van der Waals surface area (Å²) in [6.45, 7) is 4.13. The van der Waals surface area contributed by atoms with Gasteiger partial charge in [0, 0.05) is 0 Å². The molecule has 0 fully saturated rings. The molecule has 0 aliphatic carbocycles. The number of rotatable bonds is 13. The first-order valence-corrected chi connectivity index (χ1v) is 20.3. The minimum absolute atomic E-state index is 0.693. The maximum atomic E-state index is 7.01. The summed E-state index contributed by atoms with van der Waals surface area (Å²) >= 11 is 0. The smallest absolute Gasteiger partial charge is 0.380 e. The number of benzene rings is 6. The van der Waals surface area contributed by atoms with Crippen LogP contribution in [0.2, 0.25) is 0 Å². The van der Waals surface area contributed by atoms with Crippen LogP contribution >= 0.6 is 0 Å². The lowest BCUT2D eigenvalue weighted by Gasteiger charge is -2.31. The molecule has 0 atom stereocenters. The number of oxime groups is 2. The molecule has 0 radical (unpaired) electrons. The predicted octanol–water partition coefficient (Wildman–Crippen LogP) is 5.89. The molecule has 48 heavy (non-hydrogen) atoms. The van der Waals surface area contributed by atoms with E-state index >= 15 is 0 Å². The Morgan fingerprint density at radius 3 is 0.917 bits per heavy atom. The number of nitrogens with zero attached hydrogens (tertiary/aromatic N) is 2. The first kappa shape index (κ1) is 32.6. The summed E-state index contributed by atoms with van der Waals surface area (Å²) in [5.74, 6) is 0. The van der Waals surface area contributed by atoms with Crippen molar-refractivity contribution in [2.45, 2.75) is 26.7 Å². The minimum atomic E-state index is -3.05. The Morgan fingerprint density at radius 1 is 0.417 bits per heavy atom. The lowest BCUT2D eigenvalue weighted by atomic mass is 10.1. The third-order valence-electron chi connectivity index (χ3n) is 8.60. The largest absolute Gasteiger partial charge is 0.438 e. The van der Waals surface area contributed by atoms with Crippen molar-refractivity contribution in [3.63, 3.8) is 0 Å². The van der Waals surface area contributed by atoms with Gasteiger partial charge in [-0.05, 0) is 44.5 Å². The molecule has 6 aromatic rings. The molecule has 0 unspecified atom stereocenters. The molecular formula is C42H40N2O2Si2. The standard InChI is InChI=1S/C42H40N2O2Si2/c1-3-22-42(44-46-48(39-29-16-7-17-30-39,40-31-18-8-19-32-40)41-33-20-9-21-34-41)35(2)43-45-47(36-23-10-4-11-24-36,37-25-12-5-13-26-37)38-27-14-6-15-28-38/h4-21,23-34H,3,22H2,1-2H3. The van der Waals surface area contributed by atoms with Crippen molar-refractivity contribution < 1.29 is 9.05 Å². The van der Waals surface area contributed by atoms with E-state index in [-0.39, 0.29) is 0 Å². The Balaban J connectivity index is 1.48. The van der Waals surface area contributed by atoms with Crippen molar-refractivity contribution >= 4 is 59.2 Å². The van der Waals surface area contributed by atoms with Gasteiger partial charge in [-0.15, -0.1) is 10.3 Å². The van der Waals surface area contributed by atoms with Crippen LogP contribution in [-0.2, 0) is 9.05 Å². The molecule has 0 saturated carbocycles. The molecule has 6 heteroatoms. The Labute approximate surface area is 286 Å². The highest BCUT2D eigenvalue weighted by atomic mass is 28.4. The number of hydrogen-bond donors (Lipinski definition) is 0. The van der Waals surface area contributed by atoms with E-state index in [4.69, 9.17) is 19.4 Å². The van der Waals surface area contributed by atoms with Crippen LogP contribution in [0, 0.1) is 0 Å². The lowest BCUT2D eigenvalue weighted by molar-refractivity contribution is 0.343. The Kier molecular flexibility index (Phi) is 10.6. The molecular weight excluding hydrogens is 621 g/mol. The fraction of sp³-hybridized carbons (Fsp3) is 0.0952. The monoisotopic (exact) mass is 660 g/mol. The molecule has 4 nitrogen and oxygen atoms in total. The summed E-state index contributed by atoms with van der Waals surface area (Å²) in [6.07, 6.45) is 1.57. The van der Waals surface area contributed by atoms with Crippen LogP contribution in [0.5, 0.6) is 0 Å². The quantitative estimate of drug-likeness (QED) is 0.0672. The van der Waals surface area contributed by atoms with Gasteiger partial charge in [-0.2, -0.15) is 0 Å². The van der Waals surface area contributed by atoms with Gasteiger partial charge in [0.05, 0.1) is 5.71 Å². The maximum absolute atomic E-state index is 7.01. The van der Waals surface area contributed by atoms with E-state index in [0.717, 1.165) is 43.3 Å². The van der Waals surface area contributed by atoms with Crippen LogP contribution in [0.15, 0.2) is 192 Å². The molecule has 0 N–H and O–H groups in total. The maximum Gasteiger partial charge on any atom is 0.380 e. The van der Waals surface area contributed by atoms with Crippen LogP contribution in [0.1, 0.15) is 26.7 Å². The molecule has 0 amide bonds. The second-order valence-electron chi connectivity index (χ2n) is 11.7. The molecule has 0 bridgehead atoms. The molecule has 0 heterocycles. The predicted molar refractivity (Wildman–Crippen MR) is 206 cm³/mol. The van der Waals surface area contributed by atoms with Crippen molar-refractivity contribution in [2.75, 3.05) is 0 Å². The molecule has 0 aromatic heterocycles. The summed E-state index contributed by atoms with van der Waals surface area (Å²) in [5, 5.41) is 16.7. The van der Waals surface area contributed by atoms with Crippen LogP contribution in [0.4, 0.5) is 0 Å². The SMILES string of the molecule is CCCC(=NO[Si](c1ccccc1)(c1ccccc1)c1ccccc1)C(C)=NO[Si](c1ccccc1)(c1ccccc1)c1ccccc1. The second kappa shape index (κ2) is 15.5. The van der Waals surface area contributed by atoms with Gasteiger partial charge in [0.2, 0.25) is 0 Å². The van der Waals surface area contributed by atoms with Gasteiger partial charge < -0.3 is 9.05 Å². The van der Waals surface area contributed by atoms with Crippen molar-refractivity contribution in [3.05, 3.63) is 182 Å². The first-order valence-electron chi connectivity index (χ1n) is 16.5. The average molecular weight is 661 g/mol. The molecule has 0 saturated heterocycles. The van der Waals surface area contributed by atoms with Crippen LogP contribution in [0.3, 0.4) is 0 Å². The highest BCUT2D eigenvalue weighted by Gasteiger charge is 2.46. The van der Waals surface area contributed by atoms with Gasteiger partial charge in [-0.3, -0.25) is 0 Å². The summed E-state index contributed by atoms with van der Waals surface area (Å²) in [7, 11) is -6.10. The van der Waals surface area contributed by atoms with E-state index < -0.39 is 16.6 Å². The molecule has 0 aliphatic heterocycles. The summed E-state index contributed by atoms with van der Waals surface area (Å²) in [4.78, 5) is 0. The molecule has 0 spiro atoms. The normalized spacial score (nSPS) is 12.4. The zero-order chi connectivity index (χ0) is 33.1. The summed E-state index contributed by atoms with van der Waals surface area (Å²) in [6, 6.07) is 63.0. The van der Waals surface area contributed by atoms with Crippen LogP contribution < -0.4 is 31.1 Å². The lowest BCUT2D eigenvalue weighted by Crippen LogP contribution is -2.68. The molecule has 0 aliphatic rings. The van der Waals surface area contributed by atoms with E-state index in [1.807, 2.05) is 43.3 Å².